The van der Waals surface area contributed by atoms with Crippen LogP contribution in [0.25, 0.3) is 0 Å². The van der Waals surface area contributed by atoms with E-state index in [0.717, 1.165) is 17.7 Å². The Morgan fingerprint density at radius 3 is 2.52 bits per heavy atom. The molecule has 0 saturated heterocycles. The van der Waals surface area contributed by atoms with E-state index >= 15 is 0 Å². The maximum Gasteiger partial charge on any atom is 0.201 e. The van der Waals surface area contributed by atoms with E-state index in [1.807, 2.05) is 6.07 Å². The van der Waals surface area contributed by atoms with Gasteiger partial charge in [-0.25, -0.2) is 0 Å². The molecule has 178 valence electrons. The molecular formula is C25H31NO6S. The van der Waals surface area contributed by atoms with Crippen LogP contribution in [0.15, 0.2) is 40.9 Å². The monoisotopic (exact) mass is 473 g/mol. The van der Waals surface area contributed by atoms with Gasteiger partial charge >= 0.3 is 0 Å². The van der Waals surface area contributed by atoms with Crippen molar-refractivity contribution < 1.29 is 30.0 Å². The van der Waals surface area contributed by atoms with E-state index in [9.17, 15) is 30.0 Å². The molecule has 0 aromatic heterocycles. The fourth-order valence-electron chi connectivity index (χ4n) is 5.84. The summed E-state index contributed by atoms with van der Waals surface area (Å²) in [5.41, 5.74) is -1.49. The number of hydrogen-bond acceptors (Lipinski definition) is 8. The molecule has 33 heavy (non-hydrogen) atoms. The molecule has 3 aliphatic rings. The molecule has 0 fully saturated rings. The first kappa shape index (κ1) is 23.9. The number of aliphatic hydroxyl groups excluding tert-OH is 2. The Hall–Kier alpha value is -2.29. The zero-order chi connectivity index (χ0) is 24.2. The van der Waals surface area contributed by atoms with Gasteiger partial charge in [-0.05, 0) is 57.2 Å². The van der Waals surface area contributed by atoms with Gasteiger partial charge in [-0.2, -0.15) is 11.8 Å². The number of likely N-dealkylation sites (N-methyl/N-ethyl adjacent to an activating group) is 1. The number of ketones is 2. The Labute approximate surface area is 197 Å². The van der Waals surface area contributed by atoms with Crippen molar-refractivity contribution in [3.8, 4) is 5.75 Å². The second-order valence-electron chi connectivity index (χ2n) is 9.48. The van der Waals surface area contributed by atoms with E-state index in [4.69, 9.17) is 0 Å². The van der Waals surface area contributed by atoms with Crippen LogP contribution in [0, 0.1) is 11.8 Å². The first-order valence-electron chi connectivity index (χ1n) is 11.3. The van der Waals surface area contributed by atoms with E-state index in [0.29, 0.717) is 5.75 Å². The number of fused-ring (bicyclic) bond motifs is 3. The van der Waals surface area contributed by atoms with Crippen LogP contribution in [0.1, 0.15) is 48.5 Å². The van der Waals surface area contributed by atoms with Gasteiger partial charge in [0.15, 0.2) is 11.4 Å². The number of phenolic OH excluding ortho intramolecular Hbond substituents is 1. The Morgan fingerprint density at radius 2 is 1.88 bits per heavy atom. The molecular weight excluding hydrogens is 442 g/mol. The Morgan fingerprint density at radius 1 is 1.18 bits per heavy atom. The number of rotatable bonds is 5. The fraction of sp³-hybridized carbons (Fsp3) is 0.520. The molecule has 0 spiro atoms. The molecule has 0 radical (unpaired) electrons. The number of benzene rings is 1. The third-order valence-corrected chi connectivity index (χ3v) is 8.69. The minimum absolute atomic E-state index is 0.00453. The number of nitrogens with zero attached hydrogens (tertiary/aromatic N) is 1. The zero-order valence-electron chi connectivity index (χ0n) is 19.3. The number of aromatic hydroxyl groups is 1. The Kier molecular flexibility index (Phi) is 6.14. The van der Waals surface area contributed by atoms with E-state index in [-0.39, 0.29) is 40.6 Å². The van der Waals surface area contributed by atoms with Gasteiger partial charge in [0.1, 0.15) is 17.3 Å². The first-order valence-corrected chi connectivity index (χ1v) is 12.4. The van der Waals surface area contributed by atoms with Gasteiger partial charge in [-0.15, -0.1) is 0 Å². The minimum atomic E-state index is -2.31. The van der Waals surface area contributed by atoms with Crippen molar-refractivity contribution in [3.63, 3.8) is 0 Å². The molecule has 1 aromatic carbocycles. The van der Waals surface area contributed by atoms with Crippen molar-refractivity contribution in [3.05, 3.63) is 52.0 Å². The van der Waals surface area contributed by atoms with Crippen molar-refractivity contribution >= 4 is 23.3 Å². The molecule has 0 amide bonds. The van der Waals surface area contributed by atoms with Crippen molar-refractivity contribution in [2.75, 3.05) is 25.6 Å². The van der Waals surface area contributed by atoms with Crippen molar-refractivity contribution in [1.82, 2.24) is 4.90 Å². The normalized spacial score (nSPS) is 31.6. The maximum absolute atomic E-state index is 13.6. The summed E-state index contributed by atoms with van der Waals surface area (Å²) in [6.07, 6.45) is 1.22. The van der Waals surface area contributed by atoms with E-state index in [2.05, 4.69) is 6.92 Å². The number of phenols is 1. The second kappa shape index (κ2) is 8.49. The van der Waals surface area contributed by atoms with Crippen LogP contribution in [-0.2, 0) is 4.79 Å². The van der Waals surface area contributed by atoms with Crippen LogP contribution in [0.5, 0.6) is 5.75 Å². The number of aliphatic hydroxyl groups is 3. The number of carbonyl (C=O) groups excluding carboxylic acids is 2. The fourth-order valence-corrected chi connectivity index (χ4v) is 6.96. The van der Waals surface area contributed by atoms with Gasteiger partial charge in [-0.3, -0.25) is 14.5 Å². The topological polar surface area (TPSA) is 118 Å². The highest BCUT2D eigenvalue weighted by Crippen LogP contribution is 2.55. The SMILES string of the molecule is CCCSCC1c2cccc(O)c2C(=O)C2=C(O)C3(O)C(=O)C(C)=C(O)C(N(C)C)C3CC21. The predicted molar refractivity (Wildman–Crippen MR) is 127 cm³/mol. The second-order valence-corrected chi connectivity index (χ2v) is 10.6. The van der Waals surface area contributed by atoms with Crippen molar-refractivity contribution in [1.29, 1.82) is 0 Å². The summed E-state index contributed by atoms with van der Waals surface area (Å²) in [5, 5.41) is 44.4. The lowest BCUT2D eigenvalue weighted by Crippen LogP contribution is -2.63. The molecule has 0 saturated carbocycles. The summed E-state index contributed by atoms with van der Waals surface area (Å²) in [5.74, 6) is -2.19. The van der Waals surface area contributed by atoms with Crippen LogP contribution in [0.2, 0.25) is 0 Å². The molecule has 0 heterocycles. The summed E-state index contributed by atoms with van der Waals surface area (Å²) in [6.45, 7) is 3.50. The maximum atomic E-state index is 13.6. The molecule has 0 bridgehead atoms. The predicted octanol–water partition coefficient (Wildman–Crippen LogP) is 3.34. The van der Waals surface area contributed by atoms with E-state index in [1.54, 1.807) is 36.8 Å². The number of carbonyl (C=O) groups is 2. The standard InChI is InChI=1S/C25H31NO6S/c1-5-9-33-11-15-13-7-6-8-17(27)18(13)22(29)19-14(15)10-16-20(26(3)4)21(28)12(2)23(30)25(16,32)24(19)31/h6-8,14-16,20,27-28,31-32H,5,9-11H2,1-4H3. The highest BCUT2D eigenvalue weighted by molar-refractivity contribution is 7.99. The molecule has 4 N–H and O–H groups in total. The van der Waals surface area contributed by atoms with Gasteiger partial charge in [0, 0.05) is 28.7 Å². The van der Waals surface area contributed by atoms with Crippen molar-refractivity contribution in [2.45, 2.75) is 44.2 Å². The molecule has 3 aliphatic carbocycles. The number of Topliss-reactive ketones (excluding diaryl/α,β-unsaturated/α-hetero) is 2. The Balaban J connectivity index is 1.95. The lowest BCUT2D eigenvalue weighted by molar-refractivity contribution is -0.147. The van der Waals surface area contributed by atoms with Crippen LogP contribution < -0.4 is 0 Å². The highest BCUT2D eigenvalue weighted by Gasteiger charge is 2.62. The summed E-state index contributed by atoms with van der Waals surface area (Å²) in [4.78, 5) is 28.5. The molecule has 7 nitrogen and oxygen atoms in total. The van der Waals surface area contributed by atoms with Gasteiger partial charge in [0.25, 0.3) is 0 Å². The quantitative estimate of drug-likeness (QED) is 0.481. The minimum Gasteiger partial charge on any atom is -0.510 e. The molecule has 5 atom stereocenters. The Bertz CT molecular complexity index is 1080. The van der Waals surface area contributed by atoms with Crippen LogP contribution in [-0.4, -0.2) is 74.1 Å². The van der Waals surface area contributed by atoms with Crippen LogP contribution >= 0.6 is 11.8 Å². The highest BCUT2D eigenvalue weighted by atomic mass is 32.2. The van der Waals surface area contributed by atoms with Gasteiger partial charge in [0.05, 0.1) is 11.6 Å². The van der Waals surface area contributed by atoms with E-state index in [1.165, 1.54) is 13.0 Å². The van der Waals surface area contributed by atoms with Gasteiger partial charge in [-0.1, -0.05) is 19.1 Å². The third kappa shape index (κ3) is 3.33. The average molecular weight is 474 g/mol. The first-order chi connectivity index (χ1) is 15.6. The van der Waals surface area contributed by atoms with Crippen LogP contribution in [0.4, 0.5) is 0 Å². The van der Waals surface area contributed by atoms with Crippen LogP contribution in [0.3, 0.4) is 0 Å². The molecule has 1 aromatic rings. The lowest BCUT2D eigenvalue weighted by atomic mass is 9.56. The summed E-state index contributed by atoms with van der Waals surface area (Å²) in [7, 11) is 3.49. The number of hydrogen-bond donors (Lipinski definition) is 4. The number of allylic oxidation sites excluding steroid dienone is 1. The average Bonchev–Trinajstić information content (AvgIpc) is 2.76. The smallest absolute Gasteiger partial charge is 0.201 e. The van der Waals surface area contributed by atoms with Gasteiger partial charge < -0.3 is 20.4 Å². The summed E-state index contributed by atoms with van der Waals surface area (Å²) < 4.78 is 0. The van der Waals surface area contributed by atoms with Gasteiger partial charge in [0.2, 0.25) is 5.78 Å². The molecule has 4 rings (SSSR count). The molecule has 8 heteroatoms. The van der Waals surface area contributed by atoms with E-state index < -0.39 is 40.8 Å². The lowest BCUT2D eigenvalue weighted by Gasteiger charge is -2.51. The molecule has 5 unspecified atom stereocenters. The van der Waals surface area contributed by atoms with Crippen molar-refractivity contribution in [2.24, 2.45) is 11.8 Å². The molecule has 0 aliphatic heterocycles. The number of thioether (sulfide) groups is 1. The summed E-state index contributed by atoms with van der Waals surface area (Å²) in [6, 6.07) is 4.28. The zero-order valence-corrected chi connectivity index (χ0v) is 20.1. The summed E-state index contributed by atoms with van der Waals surface area (Å²) >= 11 is 1.73. The third-order valence-electron chi connectivity index (χ3n) is 7.40. The largest absolute Gasteiger partial charge is 0.510 e.